The maximum Gasteiger partial charge on any atom is 0.155 e. The van der Waals surface area contributed by atoms with Crippen molar-refractivity contribution in [3.8, 4) is 0 Å². The van der Waals surface area contributed by atoms with E-state index in [-0.39, 0.29) is 24.1 Å². The summed E-state index contributed by atoms with van der Waals surface area (Å²) in [6, 6.07) is 2.16. The zero-order valence-corrected chi connectivity index (χ0v) is 14.5. The quantitative estimate of drug-likeness (QED) is 0.891. The number of rotatable bonds is 5. The van der Waals surface area contributed by atoms with Crippen LogP contribution in [-0.2, 0) is 0 Å². The first-order valence-electron chi connectivity index (χ1n) is 7.90. The van der Waals surface area contributed by atoms with Crippen molar-refractivity contribution >= 4 is 5.65 Å². The molecule has 122 valence electrons. The van der Waals surface area contributed by atoms with Gasteiger partial charge < -0.3 is 10.4 Å². The summed E-state index contributed by atoms with van der Waals surface area (Å²) in [6.45, 7) is 12.8. The number of nitrogens with one attached hydrogen (secondary N) is 1. The molecule has 2 unspecified atom stereocenters. The van der Waals surface area contributed by atoms with Crippen LogP contribution in [0.2, 0.25) is 0 Å². The fourth-order valence-corrected chi connectivity index (χ4v) is 2.96. The average molecular weight is 304 g/mol. The van der Waals surface area contributed by atoms with Crippen molar-refractivity contribution in [3.05, 3.63) is 29.2 Å². The van der Waals surface area contributed by atoms with Gasteiger partial charge in [0.1, 0.15) is 0 Å². The maximum atomic E-state index is 9.63. The first kappa shape index (κ1) is 16.9. The molecule has 2 rings (SSSR count). The molecule has 0 saturated heterocycles. The number of aromatic nitrogens is 3. The minimum Gasteiger partial charge on any atom is -0.395 e. The van der Waals surface area contributed by atoms with E-state index >= 15 is 0 Å². The zero-order chi connectivity index (χ0) is 16.5. The number of fused-ring (bicyclic) bond motifs is 1. The van der Waals surface area contributed by atoms with Gasteiger partial charge in [-0.05, 0) is 32.6 Å². The van der Waals surface area contributed by atoms with E-state index in [1.807, 2.05) is 23.7 Å². The van der Waals surface area contributed by atoms with Crippen LogP contribution in [0.3, 0.4) is 0 Å². The molecule has 0 amide bonds. The topological polar surface area (TPSA) is 62.5 Å². The fourth-order valence-electron chi connectivity index (χ4n) is 2.96. The maximum absolute atomic E-state index is 9.63. The van der Waals surface area contributed by atoms with E-state index in [1.165, 1.54) is 0 Å². The Morgan fingerprint density at radius 3 is 2.59 bits per heavy atom. The Morgan fingerprint density at radius 2 is 2.00 bits per heavy atom. The molecule has 0 aliphatic rings. The van der Waals surface area contributed by atoms with E-state index in [4.69, 9.17) is 0 Å². The van der Waals surface area contributed by atoms with Crippen LogP contribution < -0.4 is 5.32 Å². The van der Waals surface area contributed by atoms with Crippen LogP contribution in [0.1, 0.15) is 57.1 Å². The molecule has 2 atom stereocenters. The monoisotopic (exact) mass is 304 g/mol. The molecule has 22 heavy (non-hydrogen) atoms. The van der Waals surface area contributed by atoms with Crippen molar-refractivity contribution in [1.82, 2.24) is 19.9 Å². The third kappa shape index (κ3) is 3.84. The lowest BCUT2D eigenvalue weighted by molar-refractivity contribution is 0.190. The van der Waals surface area contributed by atoms with Gasteiger partial charge in [0, 0.05) is 35.6 Å². The number of hydrogen-bond donors (Lipinski definition) is 2. The third-order valence-corrected chi connectivity index (χ3v) is 3.92. The first-order chi connectivity index (χ1) is 10.2. The minimum absolute atomic E-state index is 0.0736. The third-order valence-electron chi connectivity index (χ3n) is 3.92. The first-order valence-corrected chi connectivity index (χ1v) is 7.90. The van der Waals surface area contributed by atoms with Crippen LogP contribution in [0.15, 0.2) is 12.3 Å². The van der Waals surface area contributed by atoms with Crippen LogP contribution in [0, 0.1) is 19.3 Å². The summed E-state index contributed by atoms with van der Waals surface area (Å²) in [7, 11) is 0. The van der Waals surface area contributed by atoms with E-state index in [0.717, 1.165) is 29.0 Å². The van der Waals surface area contributed by atoms with Crippen molar-refractivity contribution in [3.63, 3.8) is 0 Å². The Kier molecular flexibility index (Phi) is 4.87. The molecule has 0 aromatic carbocycles. The zero-order valence-electron chi connectivity index (χ0n) is 14.5. The lowest BCUT2D eigenvalue weighted by atomic mass is 9.88. The standard InChI is InChI=1S/C17H28N4O/c1-11-7-16-18-9-15(13(3)21(16)20-11)12(2)19-14(10-22)8-17(4,5)6/h7,9,12,14,19,22H,8,10H2,1-6H3. The smallest absolute Gasteiger partial charge is 0.155 e. The van der Waals surface area contributed by atoms with Gasteiger partial charge in [0.05, 0.1) is 12.3 Å². The highest BCUT2D eigenvalue weighted by Crippen LogP contribution is 2.24. The largest absolute Gasteiger partial charge is 0.395 e. The summed E-state index contributed by atoms with van der Waals surface area (Å²) in [5, 5.41) is 17.6. The molecule has 0 aliphatic heterocycles. The second kappa shape index (κ2) is 6.34. The summed E-state index contributed by atoms with van der Waals surface area (Å²) >= 11 is 0. The predicted molar refractivity (Wildman–Crippen MR) is 89.0 cm³/mol. The number of nitrogens with zero attached hydrogens (tertiary/aromatic N) is 3. The van der Waals surface area contributed by atoms with Gasteiger partial charge in [-0.2, -0.15) is 5.10 Å². The van der Waals surface area contributed by atoms with E-state index in [9.17, 15) is 5.11 Å². The van der Waals surface area contributed by atoms with Gasteiger partial charge in [-0.3, -0.25) is 0 Å². The lowest BCUT2D eigenvalue weighted by Crippen LogP contribution is -2.38. The molecular weight excluding hydrogens is 276 g/mol. The summed E-state index contributed by atoms with van der Waals surface area (Å²) in [5.41, 5.74) is 4.22. The van der Waals surface area contributed by atoms with Crippen LogP contribution >= 0.6 is 0 Å². The second-order valence-electron chi connectivity index (χ2n) is 7.39. The Labute approximate surface area is 132 Å². The SMILES string of the molecule is Cc1cc2ncc(C(C)NC(CO)CC(C)(C)C)c(C)n2n1. The predicted octanol–water partition coefficient (Wildman–Crippen LogP) is 2.79. The Bertz CT molecular complexity index is 642. The van der Waals surface area contributed by atoms with Crippen LogP contribution in [-0.4, -0.2) is 32.4 Å². The van der Waals surface area contributed by atoms with Crippen molar-refractivity contribution < 1.29 is 5.11 Å². The summed E-state index contributed by atoms with van der Waals surface area (Å²) < 4.78 is 1.89. The van der Waals surface area contributed by atoms with Gasteiger partial charge in [0.2, 0.25) is 0 Å². The molecule has 2 aromatic heterocycles. The number of aliphatic hydroxyl groups is 1. The Morgan fingerprint density at radius 1 is 1.32 bits per heavy atom. The number of aliphatic hydroxyl groups excluding tert-OH is 1. The van der Waals surface area contributed by atoms with Gasteiger partial charge >= 0.3 is 0 Å². The van der Waals surface area contributed by atoms with E-state index in [2.05, 4.69) is 50.0 Å². The molecule has 0 saturated carbocycles. The van der Waals surface area contributed by atoms with Crippen molar-refractivity contribution in [2.75, 3.05) is 6.61 Å². The molecular formula is C17H28N4O. The molecule has 0 radical (unpaired) electrons. The van der Waals surface area contributed by atoms with Gasteiger partial charge in [-0.25, -0.2) is 9.50 Å². The molecule has 2 heterocycles. The molecule has 2 aromatic rings. The molecule has 2 N–H and O–H groups in total. The Hall–Kier alpha value is -1.46. The van der Waals surface area contributed by atoms with Crippen LogP contribution in [0.4, 0.5) is 0 Å². The van der Waals surface area contributed by atoms with Crippen molar-refractivity contribution in [2.24, 2.45) is 5.41 Å². The van der Waals surface area contributed by atoms with Crippen molar-refractivity contribution in [2.45, 2.75) is 60.0 Å². The molecule has 0 aliphatic carbocycles. The van der Waals surface area contributed by atoms with Gasteiger partial charge in [-0.1, -0.05) is 20.8 Å². The van der Waals surface area contributed by atoms with Gasteiger partial charge in [0.25, 0.3) is 0 Å². The average Bonchev–Trinajstić information content (AvgIpc) is 2.78. The van der Waals surface area contributed by atoms with Crippen molar-refractivity contribution in [1.29, 1.82) is 0 Å². The highest BCUT2D eigenvalue weighted by molar-refractivity contribution is 5.42. The summed E-state index contributed by atoms with van der Waals surface area (Å²) in [6.07, 6.45) is 2.83. The number of aryl methyl sites for hydroxylation is 2. The fraction of sp³-hybridized carbons (Fsp3) is 0.647. The van der Waals surface area contributed by atoms with Gasteiger partial charge in [0.15, 0.2) is 5.65 Å². The molecule has 5 nitrogen and oxygen atoms in total. The second-order valence-corrected chi connectivity index (χ2v) is 7.39. The normalized spacial score (nSPS) is 15.2. The lowest BCUT2D eigenvalue weighted by Gasteiger charge is -2.28. The highest BCUT2D eigenvalue weighted by Gasteiger charge is 2.21. The highest BCUT2D eigenvalue weighted by atomic mass is 16.3. The van der Waals surface area contributed by atoms with Gasteiger partial charge in [-0.15, -0.1) is 0 Å². The minimum atomic E-state index is 0.0736. The van der Waals surface area contributed by atoms with E-state index in [1.54, 1.807) is 0 Å². The van der Waals surface area contributed by atoms with E-state index < -0.39 is 0 Å². The summed E-state index contributed by atoms with van der Waals surface area (Å²) in [5.74, 6) is 0. The van der Waals surface area contributed by atoms with E-state index in [0.29, 0.717) is 0 Å². The molecule has 5 heteroatoms. The van der Waals surface area contributed by atoms with Crippen LogP contribution in [0.25, 0.3) is 5.65 Å². The molecule has 0 spiro atoms. The molecule has 0 fully saturated rings. The number of hydrogen-bond acceptors (Lipinski definition) is 4. The Balaban J connectivity index is 2.21. The molecule has 0 bridgehead atoms. The summed E-state index contributed by atoms with van der Waals surface area (Å²) in [4.78, 5) is 4.49. The van der Waals surface area contributed by atoms with Crippen LogP contribution in [0.5, 0.6) is 0 Å².